The highest BCUT2D eigenvalue weighted by Gasteiger charge is 2.13. The quantitative estimate of drug-likeness (QED) is 0.0763. The summed E-state index contributed by atoms with van der Waals surface area (Å²) in [5, 5.41) is 8.87. The summed E-state index contributed by atoms with van der Waals surface area (Å²) in [4.78, 5) is 25.7. The smallest absolute Gasteiger partial charge is 0.305 e. The summed E-state index contributed by atoms with van der Waals surface area (Å²) in [6.45, 7) is 8.14. The number of nitrogens with zero attached hydrogens (tertiary/aromatic N) is 1. The van der Waals surface area contributed by atoms with Crippen molar-refractivity contribution >= 4 is 11.9 Å². The second-order valence-corrected chi connectivity index (χ2v) is 12.0. The average molecular weight is 574 g/mol. The molecule has 1 aromatic carbocycles. The Balaban J connectivity index is 2.27. The molecule has 1 unspecified atom stereocenters. The summed E-state index contributed by atoms with van der Waals surface area (Å²) < 4.78 is 5.62. The maximum absolute atomic E-state index is 12.4. The highest BCUT2D eigenvalue weighted by Crippen LogP contribution is 2.23. The fourth-order valence-electron chi connectivity index (χ4n) is 5.58. The lowest BCUT2D eigenvalue weighted by atomic mass is 9.90. The fourth-order valence-corrected chi connectivity index (χ4v) is 5.58. The van der Waals surface area contributed by atoms with Gasteiger partial charge in [0.15, 0.2) is 0 Å². The van der Waals surface area contributed by atoms with Gasteiger partial charge in [-0.3, -0.25) is 9.59 Å². The van der Waals surface area contributed by atoms with Gasteiger partial charge in [-0.25, -0.2) is 0 Å². The number of rotatable bonds is 29. The third kappa shape index (κ3) is 23.4. The van der Waals surface area contributed by atoms with Crippen LogP contribution in [0.25, 0.3) is 0 Å². The highest BCUT2D eigenvalue weighted by atomic mass is 16.5. The van der Waals surface area contributed by atoms with E-state index < -0.39 is 5.97 Å². The Bertz CT molecular complexity index is 738. The minimum Gasteiger partial charge on any atom is -0.481 e. The maximum atomic E-state index is 12.4. The first kappa shape index (κ1) is 37.1. The van der Waals surface area contributed by atoms with Crippen LogP contribution in [-0.4, -0.2) is 48.2 Å². The lowest BCUT2D eigenvalue weighted by molar-refractivity contribution is -0.144. The Morgan fingerprint density at radius 1 is 0.683 bits per heavy atom. The van der Waals surface area contributed by atoms with Crippen molar-refractivity contribution in [1.82, 2.24) is 4.90 Å². The Kier molecular flexibility index (Phi) is 24.4. The number of ether oxygens (including phenoxy) is 1. The summed E-state index contributed by atoms with van der Waals surface area (Å²) in [6.07, 6.45) is 23.1. The van der Waals surface area contributed by atoms with Gasteiger partial charge in [-0.2, -0.15) is 0 Å². The van der Waals surface area contributed by atoms with Crippen LogP contribution in [0.15, 0.2) is 30.3 Å². The number of hydrogen-bond acceptors (Lipinski definition) is 4. The molecule has 0 saturated carbocycles. The van der Waals surface area contributed by atoms with Crippen LogP contribution < -0.4 is 0 Å². The molecule has 5 nitrogen and oxygen atoms in total. The molecule has 1 N–H and O–H groups in total. The van der Waals surface area contributed by atoms with Crippen molar-refractivity contribution in [1.29, 1.82) is 0 Å². The first-order valence-electron chi connectivity index (χ1n) is 17.2. The number of hydrogen-bond donors (Lipinski definition) is 1. The summed E-state index contributed by atoms with van der Waals surface area (Å²) in [7, 11) is 0. The zero-order valence-electron chi connectivity index (χ0n) is 26.8. The minimum atomic E-state index is -0.702. The van der Waals surface area contributed by atoms with E-state index in [0.717, 1.165) is 71.0 Å². The lowest BCUT2D eigenvalue weighted by Gasteiger charge is -2.22. The molecule has 236 valence electrons. The van der Waals surface area contributed by atoms with E-state index in [1.807, 2.05) is 0 Å². The van der Waals surface area contributed by atoms with E-state index in [9.17, 15) is 9.59 Å². The first-order valence-corrected chi connectivity index (χ1v) is 17.2. The van der Waals surface area contributed by atoms with Crippen molar-refractivity contribution in [3.63, 3.8) is 0 Å². The van der Waals surface area contributed by atoms with Crippen LogP contribution in [0, 0.1) is 5.92 Å². The molecule has 0 aliphatic rings. The van der Waals surface area contributed by atoms with Crippen LogP contribution in [0.4, 0.5) is 0 Å². The predicted octanol–water partition coefficient (Wildman–Crippen LogP) is 9.62. The third-order valence-corrected chi connectivity index (χ3v) is 8.24. The second-order valence-electron chi connectivity index (χ2n) is 12.0. The summed E-state index contributed by atoms with van der Waals surface area (Å²) in [5.74, 6) is -0.0425. The molecule has 0 aliphatic heterocycles. The van der Waals surface area contributed by atoms with Gasteiger partial charge >= 0.3 is 11.9 Å². The van der Waals surface area contributed by atoms with E-state index in [-0.39, 0.29) is 12.4 Å². The zero-order valence-corrected chi connectivity index (χ0v) is 26.8. The molecule has 5 heteroatoms. The van der Waals surface area contributed by atoms with Gasteiger partial charge in [0.1, 0.15) is 0 Å². The Morgan fingerprint density at radius 3 is 1.90 bits per heavy atom. The molecule has 0 heterocycles. The fraction of sp³-hybridized carbons (Fsp3) is 0.778. The van der Waals surface area contributed by atoms with E-state index in [1.165, 1.54) is 76.2 Å². The molecule has 1 atom stereocenters. The molecule has 0 amide bonds. The van der Waals surface area contributed by atoms with Gasteiger partial charge in [-0.15, -0.1) is 0 Å². The van der Waals surface area contributed by atoms with E-state index in [2.05, 4.69) is 49.1 Å². The van der Waals surface area contributed by atoms with Crippen LogP contribution in [-0.2, 0) is 20.7 Å². The standard InChI is InChI=1S/C36H63NO4/c1-3-5-7-9-14-22-33(21-13-8-6-4-2)26-27-36(40)41-32-20-12-19-30-37(29-18-11-17-25-35(38)39)31-28-34-23-15-10-16-24-34/h10,15-16,23-24,33H,3-9,11-14,17-22,25-32H2,1-2H3,(H,38,39). The molecule has 0 radical (unpaired) electrons. The van der Waals surface area contributed by atoms with Gasteiger partial charge in [0.25, 0.3) is 0 Å². The number of carbonyl (C=O) groups excluding carboxylic acids is 1. The number of benzene rings is 1. The van der Waals surface area contributed by atoms with Crippen molar-refractivity contribution in [3.8, 4) is 0 Å². The van der Waals surface area contributed by atoms with E-state index in [0.29, 0.717) is 18.9 Å². The summed E-state index contributed by atoms with van der Waals surface area (Å²) >= 11 is 0. The normalized spacial score (nSPS) is 12.1. The van der Waals surface area contributed by atoms with Crippen LogP contribution >= 0.6 is 0 Å². The Hall–Kier alpha value is -1.88. The zero-order chi connectivity index (χ0) is 29.8. The number of esters is 1. The molecule has 0 saturated heterocycles. The average Bonchev–Trinajstić information content (AvgIpc) is 2.97. The predicted molar refractivity (Wildman–Crippen MR) is 172 cm³/mol. The number of carboxylic acid groups (broad SMARTS) is 1. The highest BCUT2D eigenvalue weighted by molar-refractivity contribution is 5.69. The van der Waals surface area contributed by atoms with Crippen LogP contribution in [0.5, 0.6) is 0 Å². The molecule has 0 bridgehead atoms. The van der Waals surface area contributed by atoms with Gasteiger partial charge in [0.05, 0.1) is 6.61 Å². The van der Waals surface area contributed by atoms with Gasteiger partial charge < -0.3 is 14.7 Å². The van der Waals surface area contributed by atoms with Crippen molar-refractivity contribution < 1.29 is 19.4 Å². The second kappa shape index (κ2) is 27.0. The number of aliphatic carboxylic acids is 1. The van der Waals surface area contributed by atoms with E-state index in [1.54, 1.807) is 0 Å². The van der Waals surface area contributed by atoms with Crippen LogP contribution in [0.2, 0.25) is 0 Å². The molecule has 41 heavy (non-hydrogen) atoms. The number of carboxylic acids is 1. The largest absolute Gasteiger partial charge is 0.481 e. The molecule has 1 rings (SSSR count). The van der Waals surface area contributed by atoms with Crippen molar-refractivity contribution in [2.24, 2.45) is 5.92 Å². The van der Waals surface area contributed by atoms with Crippen LogP contribution in [0.3, 0.4) is 0 Å². The third-order valence-electron chi connectivity index (χ3n) is 8.24. The summed E-state index contributed by atoms with van der Waals surface area (Å²) in [5.41, 5.74) is 1.36. The van der Waals surface area contributed by atoms with Gasteiger partial charge in [-0.1, -0.05) is 121 Å². The van der Waals surface area contributed by atoms with Gasteiger partial charge in [0.2, 0.25) is 0 Å². The first-order chi connectivity index (χ1) is 20.0. The number of unbranched alkanes of at least 4 members (excludes halogenated alkanes) is 11. The molecule has 0 aromatic heterocycles. The maximum Gasteiger partial charge on any atom is 0.305 e. The minimum absolute atomic E-state index is 0.0135. The van der Waals surface area contributed by atoms with Crippen molar-refractivity contribution in [3.05, 3.63) is 35.9 Å². The lowest BCUT2D eigenvalue weighted by Crippen LogP contribution is -2.28. The molecular weight excluding hydrogens is 510 g/mol. The Morgan fingerprint density at radius 2 is 1.27 bits per heavy atom. The Labute approximate surface area is 252 Å². The molecule has 0 fully saturated rings. The molecule has 0 aliphatic carbocycles. The van der Waals surface area contributed by atoms with E-state index in [4.69, 9.17) is 9.84 Å². The van der Waals surface area contributed by atoms with Crippen molar-refractivity contribution in [2.45, 2.75) is 149 Å². The topological polar surface area (TPSA) is 66.8 Å². The van der Waals surface area contributed by atoms with Gasteiger partial charge in [-0.05, 0) is 69.5 Å². The number of carbonyl (C=O) groups is 2. The van der Waals surface area contributed by atoms with Gasteiger partial charge in [0, 0.05) is 19.4 Å². The molecular formula is C36H63NO4. The molecule has 0 spiro atoms. The summed E-state index contributed by atoms with van der Waals surface area (Å²) in [6, 6.07) is 10.6. The van der Waals surface area contributed by atoms with Crippen molar-refractivity contribution in [2.75, 3.05) is 26.2 Å². The van der Waals surface area contributed by atoms with E-state index >= 15 is 0 Å². The van der Waals surface area contributed by atoms with Crippen LogP contribution in [0.1, 0.15) is 148 Å². The monoisotopic (exact) mass is 573 g/mol. The molecule has 1 aromatic rings. The SMILES string of the molecule is CCCCCCCC(CCCCCC)CCC(=O)OCCCCCN(CCCCCC(=O)O)CCc1ccccc1.